The van der Waals surface area contributed by atoms with Gasteiger partial charge in [-0.1, -0.05) is 36.4 Å². The Kier molecular flexibility index (Phi) is 5.76. The minimum absolute atomic E-state index is 0.0975. The quantitative estimate of drug-likeness (QED) is 0.727. The van der Waals surface area contributed by atoms with Gasteiger partial charge in [0.2, 0.25) is 5.91 Å². The minimum Gasteiger partial charge on any atom is -0.366 e. The number of rotatable bonds is 8. The lowest BCUT2D eigenvalue weighted by Crippen LogP contribution is -2.29. The summed E-state index contributed by atoms with van der Waals surface area (Å²) in [6.07, 6.45) is 5.43. The number of hydrogen-bond donors (Lipinski definition) is 1. The zero-order valence-electron chi connectivity index (χ0n) is 11.1. The van der Waals surface area contributed by atoms with E-state index in [1.54, 1.807) is 18.2 Å². The van der Waals surface area contributed by atoms with E-state index >= 15 is 0 Å². The van der Waals surface area contributed by atoms with E-state index in [0.717, 1.165) is 5.56 Å². The number of nitrogens with zero attached hydrogens (tertiary/aromatic N) is 1. The molecule has 1 aromatic carbocycles. The number of hydrogen-bond acceptors (Lipinski definition) is 2. The zero-order chi connectivity index (χ0) is 14.3. The van der Waals surface area contributed by atoms with Crippen molar-refractivity contribution in [1.82, 2.24) is 4.90 Å². The average Bonchev–Trinajstić information content (AvgIpc) is 2.40. The summed E-state index contributed by atoms with van der Waals surface area (Å²) in [7, 11) is 0. The van der Waals surface area contributed by atoms with Crippen molar-refractivity contribution in [2.45, 2.75) is 6.04 Å². The molecule has 0 aromatic heterocycles. The normalized spacial score (nSPS) is 11.8. The molecule has 1 unspecified atom stereocenters. The highest BCUT2D eigenvalue weighted by molar-refractivity contribution is 5.94. The van der Waals surface area contributed by atoms with E-state index in [2.05, 4.69) is 24.6 Å². The second-order valence-corrected chi connectivity index (χ2v) is 4.16. The fourth-order valence-corrected chi connectivity index (χ4v) is 2.09. The van der Waals surface area contributed by atoms with Gasteiger partial charge in [0, 0.05) is 18.7 Å². The number of benzene rings is 1. The standard InChI is InChI=1S/C16H20N2O/c1-4-11-18(12-5-2)15(6-3)13-9-7-8-10-14(13)16(17)19/h4-10,15H,1-3,11-12H2,(H2,17,19). The Morgan fingerprint density at radius 2 is 1.79 bits per heavy atom. The van der Waals surface area contributed by atoms with Gasteiger partial charge in [0.05, 0.1) is 6.04 Å². The molecule has 1 amide bonds. The first-order chi connectivity index (χ1) is 9.15. The van der Waals surface area contributed by atoms with Gasteiger partial charge in [-0.15, -0.1) is 19.7 Å². The number of carbonyl (C=O) groups excluding carboxylic acids is 1. The summed E-state index contributed by atoms with van der Waals surface area (Å²) in [5, 5.41) is 0. The van der Waals surface area contributed by atoms with E-state index in [-0.39, 0.29) is 6.04 Å². The highest BCUT2D eigenvalue weighted by Crippen LogP contribution is 2.25. The summed E-state index contributed by atoms with van der Waals surface area (Å²) < 4.78 is 0. The average molecular weight is 256 g/mol. The van der Waals surface area contributed by atoms with Crippen molar-refractivity contribution in [3.63, 3.8) is 0 Å². The van der Waals surface area contributed by atoms with Gasteiger partial charge in [-0.2, -0.15) is 0 Å². The largest absolute Gasteiger partial charge is 0.366 e. The Morgan fingerprint density at radius 1 is 1.21 bits per heavy atom. The van der Waals surface area contributed by atoms with Crippen LogP contribution in [0.3, 0.4) is 0 Å². The predicted molar refractivity (Wildman–Crippen MR) is 79.9 cm³/mol. The molecule has 1 atom stereocenters. The molecule has 0 radical (unpaired) electrons. The molecule has 100 valence electrons. The Hall–Kier alpha value is -2.13. The summed E-state index contributed by atoms with van der Waals surface area (Å²) in [5.74, 6) is -0.431. The summed E-state index contributed by atoms with van der Waals surface area (Å²) >= 11 is 0. The number of carbonyl (C=O) groups is 1. The zero-order valence-corrected chi connectivity index (χ0v) is 11.1. The van der Waals surface area contributed by atoms with E-state index in [9.17, 15) is 4.79 Å². The van der Waals surface area contributed by atoms with Gasteiger partial charge in [-0.25, -0.2) is 0 Å². The Morgan fingerprint density at radius 3 is 2.26 bits per heavy atom. The summed E-state index contributed by atoms with van der Waals surface area (Å²) in [6.45, 7) is 12.7. The third-order valence-corrected chi connectivity index (χ3v) is 2.89. The van der Waals surface area contributed by atoms with E-state index < -0.39 is 5.91 Å². The van der Waals surface area contributed by atoms with Crippen LogP contribution in [0.2, 0.25) is 0 Å². The maximum absolute atomic E-state index is 11.5. The lowest BCUT2D eigenvalue weighted by Gasteiger charge is -2.28. The SMILES string of the molecule is C=CCN(CC=C)C(C=C)c1ccccc1C(N)=O. The lowest BCUT2D eigenvalue weighted by molar-refractivity contribution is 0.0998. The van der Waals surface area contributed by atoms with Crippen molar-refractivity contribution in [2.75, 3.05) is 13.1 Å². The number of amides is 1. The van der Waals surface area contributed by atoms with Crippen LogP contribution in [0.15, 0.2) is 62.2 Å². The van der Waals surface area contributed by atoms with Crippen LogP contribution in [0, 0.1) is 0 Å². The molecule has 1 aromatic rings. The van der Waals surface area contributed by atoms with Gasteiger partial charge in [0.1, 0.15) is 0 Å². The molecule has 3 heteroatoms. The van der Waals surface area contributed by atoms with E-state index in [0.29, 0.717) is 18.7 Å². The molecule has 0 bridgehead atoms. The summed E-state index contributed by atoms with van der Waals surface area (Å²) in [4.78, 5) is 13.6. The van der Waals surface area contributed by atoms with Crippen LogP contribution in [0.25, 0.3) is 0 Å². The van der Waals surface area contributed by atoms with Crippen molar-refractivity contribution >= 4 is 5.91 Å². The van der Waals surface area contributed by atoms with Crippen LogP contribution < -0.4 is 5.73 Å². The van der Waals surface area contributed by atoms with E-state index in [4.69, 9.17) is 5.73 Å². The van der Waals surface area contributed by atoms with Gasteiger partial charge in [0.15, 0.2) is 0 Å². The summed E-state index contributed by atoms with van der Waals surface area (Å²) in [6, 6.07) is 7.22. The molecule has 19 heavy (non-hydrogen) atoms. The monoisotopic (exact) mass is 256 g/mol. The highest BCUT2D eigenvalue weighted by Gasteiger charge is 2.19. The van der Waals surface area contributed by atoms with Crippen LogP contribution in [-0.2, 0) is 0 Å². The van der Waals surface area contributed by atoms with Gasteiger partial charge in [0.25, 0.3) is 0 Å². The molecular formula is C16H20N2O. The van der Waals surface area contributed by atoms with E-state index in [1.165, 1.54) is 0 Å². The van der Waals surface area contributed by atoms with Crippen LogP contribution in [0.4, 0.5) is 0 Å². The maximum atomic E-state index is 11.5. The Labute approximate surface area is 114 Å². The fourth-order valence-electron chi connectivity index (χ4n) is 2.09. The predicted octanol–water partition coefficient (Wildman–Crippen LogP) is 2.69. The van der Waals surface area contributed by atoms with Gasteiger partial charge >= 0.3 is 0 Å². The van der Waals surface area contributed by atoms with Gasteiger partial charge in [-0.05, 0) is 11.6 Å². The molecule has 0 aliphatic heterocycles. The smallest absolute Gasteiger partial charge is 0.249 e. The first kappa shape index (κ1) is 14.9. The second-order valence-electron chi connectivity index (χ2n) is 4.16. The maximum Gasteiger partial charge on any atom is 0.249 e. The number of nitrogens with two attached hydrogens (primary N) is 1. The van der Waals surface area contributed by atoms with Crippen LogP contribution in [0.5, 0.6) is 0 Å². The summed E-state index contributed by atoms with van der Waals surface area (Å²) in [5.41, 5.74) is 6.80. The fraction of sp³-hybridized carbons (Fsp3) is 0.188. The molecule has 0 aliphatic carbocycles. The van der Waals surface area contributed by atoms with Crippen molar-refractivity contribution in [3.05, 3.63) is 73.4 Å². The highest BCUT2D eigenvalue weighted by atomic mass is 16.1. The van der Waals surface area contributed by atoms with Crippen LogP contribution >= 0.6 is 0 Å². The van der Waals surface area contributed by atoms with Crippen molar-refractivity contribution in [3.8, 4) is 0 Å². The van der Waals surface area contributed by atoms with Crippen molar-refractivity contribution in [2.24, 2.45) is 5.73 Å². The molecule has 3 nitrogen and oxygen atoms in total. The molecule has 0 saturated heterocycles. The molecule has 0 fully saturated rings. The molecule has 0 saturated carbocycles. The second kappa shape index (κ2) is 7.34. The lowest BCUT2D eigenvalue weighted by atomic mass is 9.98. The van der Waals surface area contributed by atoms with Crippen molar-refractivity contribution in [1.29, 1.82) is 0 Å². The third-order valence-electron chi connectivity index (χ3n) is 2.89. The number of primary amides is 1. The Bertz CT molecular complexity index is 469. The molecule has 0 spiro atoms. The molecule has 0 heterocycles. The third kappa shape index (κ3) is 3.66. The van der Waals surface area contributed by atoms with Crippen molar-refractivity contribution < 1.29 is 4.79 Å². The molecule has 1 rings (SSSR count). The Balaban J connectivity index is 3.20. The van der Waals surface area contributed by atoms with Crippen LogP contribution in [-0.4, -0.2) is 23.9 Å². The first-order valence-electron chi connectivity index (χ1n) is 6.12. The van der Waals surface area contributed by atoms with Gasteiger partial charge in [-0.3, -0.25) is 9.69 Å². The molecule has 0 aliphatic rings. The molecular weight excluding hydrogens is 236 g/mol. The van der Waals surface area contributed by atoms with E-state index in [1.807, 2.05) is 24.3 Å². The van der Waals surface area contributed by atoms with Gasteiger partial charge < -0.3 is 5.73 Å². The van der Waals surface area contributed by atoms with Crippen LogP contribution in [0.1, 0.15) is 22.0 Å². The topological polar surface area (TPSA) is 46.3 Å². The first-order valence-corrected chi connectivity index (χ1v) is 6.12. The molecule has 2 N–H and O–H groups in total. The minimum atomic E-state index is -0.431.